The van der Waals surface area contributed by atoms with Gasteiger partial charge in [0.25, 0.3) is 0 Å². The zero-order chi connectivity index (χ0) is 13.3. The van der Waals surface area contributed by atoms with E-state index in [4.69, 9.17) is 0 Å². The average molecular weight is 257 g/mol. The maximum atomic E-state index is 3.66. The molecule has 0 aliphatic heterocycles. The molecule has 1 atom stereocenters. The number of benzene rings is 1. The van der Waals surface area contributed by atoms with Crippen molar-refractivity contribution in [3.8, 4) is 0 Å². The summed E-state index contributed by atoms with van der Waals surface area (Å²) in [5.41, 5.74) is 1.28. The molecule has 1 nitrogen and oxygen atoms in total. The van der Waals surface area contributed by atoms with Crippen LogP contribution >= 0.6 is 0 Å². The highest BCUT2D eigenvalue weighted by Gasteiger charge is 2.17. The van der Waals surface area contributed by atoms with Crippen molar-refractivity contribution < 1.29 is 0 Å². The molecule has 0 amide bonds. The van der Waals surface area contributed by atoms with Gasteiger partial charge in [0.05, 0.1) is 0 Å². The Morgan fingerprint density at radius 2 is 1.79 bits per heavy atom. The molecule has 1 saturated carbocycles. The van der Waals surface area contributed by atoms with E-state index in [1.54, 1.807) is 0 Å². The molecule has 1 aliphatic carbocycles. The molecule has 1 aromatic carbocycles. The lowest BCUT2D eigenvalue weighted by atomic mass is 9.93. The summed E-state index contributed by atoms with van der Waals surface area (Å²) in [4.78, 5) is 0. The molecule has 0 bridgehead atoms. The standard InChI is InChI=1S/C18H27N/c1-16(18-13-7-2-3-8-14-18)19-15-9-12-17-10-5-4-6-11-17/h4-6,9-12,16,18-19H,2-3,7-8,13-15H2,1H3/b12-9+/t16-/m1/s1. The van der Waals surface area contributed by atoms with E-state index in [0.29, 0.717) is 6.04 Å². The van der Waals surface area contributed by atoms with E-state index in [0.717, 1.165) is 12.5 Å². The summed E-state index contributed by atoms with van der Waals surface area (Å²) >= 11 is 0. The fraction of sp³-hybridized carbons (Fsp3) is 0.556. The Bertz CT molecular complexity index is 361. The van der Waals surface area contributed by atoms with Gasteiger partial charge in [-0.2, -0.15) is 0 Å². The van der Waals surface area contributed by atoms with E-state index in [2.05, 4.69) is 54.7 Å². The summed E-state index contributed by atoms with van der Waals surface area (Å²) in [5.74, 6) is 0.882. The first-order chi connectivity index (χ1) is 9.36. The van der Waals surface area contributed by atoms with Crippen LogP contribution in [0.4, 0.5) is 0 Å². The highest BCUT2D eigenvalue weighted by molar-refractivity contribution is 5.48. The largest absolute Gasteiger partial charge is 0.311 e. The predicted molar refractivity (Wildman–Crippen MR) is 84.1 cm³/mol. The third-order valence-corrected chi connectivity index (χ3v) is 4.27. The first-order valence-electron chi connectivity index (χ1n) is 7.81. The van der Waals surface area contributed by atoms with Crippen LogP contribution in [0.1, 0.15) is 51.0 Å². The second-order valence-corrected chi connectivity index (χ2v) is 5.76. The summed E-state index contributed by atoms with van der Waals surface area (Å²) in [6.45, 7) is 3.33. The van der Waals surface area contributed by atoms with Gasteiger partial charge in [0.2, 0.25) is 0 Å². The highest BCUT2D eigenvalue weighted by Crippen LogP contribution is 2.25. The normalized spacial score (nSPS) is 19.4. The molecule has 0 saturated heterocycles. The summed E-state index contributed by atoms with van der Waals surface area (Å²) in [5, 5.41) is 3.66. The summed E-state index contributed by atoms with van der Waals surface area (Å²) < 4.78 is 0. The minimum Gasteiger partial charge on any atom is -0.311 e. The van der Waals surface area contributed by atoms with Crippen LogP contribution in [0.25, 0.3) is 6.08 Å². The van der Waals surface area contributed by atoms with Crippen molar-refractivity contribution in [1.82, 2.24) is 5.32 Å². The molecule has 104 valence electrons. The number of rotatable bonds is 5. The predicted octanol–water partition coefficient (Wildman–Crippen LogP) is 4.65. The van der Waals surface area contributed by atoms with Gasteiger partial charge in [-0.25, -0.2) is 0 Å². The monoisotopic (exact) mass is 257 g/mol. The second-order valence-electron chi connectivity index (χ2n) is 5.76. The van der Waals surface area contributed by atoms with Crippen molar-refractivity contribution in [2.24, 2.45) is 5.92 Å². The maximum Gasteiger partial charge on any atom is 0.0140 e. The van der Waals surface area contributed by atoms with Gasteiger partial charge in [-0.15, -0.1) is 0 Å². The van der Waals surface area contributed by atoms with Crippen molar-refractivity contribution in [2.45, 2.75) is 51.5 Å². The van der Waals surface area contributed by atoms with Crippen molar-refractivity contribution in [3.63, 3.8) is 0 Å². The average Bonchev–Trinajstić information content (AvgIpc) is 2.73. The molecular formula is C18H27N. The third kappa shape index (κ3) is 5.20. The minimum absolute atomic E-state index is 0.651. The van der Waals surface area contributed by atoms with Gasteiger partial charge in [0.15, 0.2) is 0 Å². The highest BCUT2D eigenvalue weighted by atomic mass is 14.9. The lowest BCUT2D eigenvalue weighted by molar-refractivity contribution is 0.347. The van der Waals surface area contributed by atoms with Crippen LogP contribution in [0.5, 0.6) is 0 Å². The molecule has 1 aromatic rings. The lowest BCUT2D eigenvalue weighted by Crippen LogP contribution is -2.33. The first-order valence-corrected chi connectivity index (χ1v) is 7.81. The zero-order valence-corrected chi connectivity index (χ0v) is 12.1. The van der Waals surface area contributed by atoms with Crippen LogP contribution in [0, 0.1) is 5.92 Å². The van der Waals surface area contributed by atoms with Gasteiger partial charge in [-0.05, 0) is 31.2 Å². The molecule has 1 aliphatic rings. The van der Waals surface area contributed by atoms with E-state index in [9.17, 15) is 0 Å². The van der Waals surface area contributed by atoms with Crippen LogP contribution < -0.4 is 5.32 Å². The topological polar surface area (TPSA) is 12.0 Å². The molecule has 0 unspecified atom stereocenters. The summed E-state index contributed by atoms with van der Waals surface area (Å²) in [6.07, 6.45) is 13.0. The molecule has 0 spiro atoms. The molecule has 0 heterocycles. The molecule has 1 heteroatoms. The number of hydrogen-bond donors (Lipinski definition) is 1. The van der Waals surface area contributed by atoms with Crippen LogP contribution in [0.15, 0.2) is 36.4 Å². The number of nitrogens with one attached hydrogen (secondary N) is 1. The van der Waals surface area contributed by atoms with Crippen molar-refractivity contribution in [2.75, 3.05) is 6.54 Å². The fourth-order valence-corrected chi connectivity index (χ4v) is 2.99. The summed E-state index contributed by atoms with van der Waals surface area (Å²) in [6, 6.07) is 11.2. The molecule has 0 aromatic heterocycles. The van der Waals surface area contributed by atoms with Crippen molar-refractivity contribution in [1.29, 1.82) is 0 Å². The van der Waals surface area contributed by atoms with Gasteiger partial charge >= 0.3 is 0 Å². The van der Waals surface area contributed by atoms with Crippen LogP contribution in [-0.2, 0) is 0 Å². The van der Waals surface area contributed by atoms with Crippen LogP contribution in [0.3, 0.4) is 0 Å². The van der Waals surface area contributed by atoms with E-state index >= 15 is 0 Å². The Kier molecular flexibility index (Phi) is 6.16. The van der Waals surface area contributed by atoms with E-state index in [1.807, 2.05) is 0 Å². The Morgan fingerprint density at radius 1 is 1.11 bits per heavy atom. The van der Waals surface area contributed by atoms with Crippen molar-refractivity contribution in [3.05, 3.63) is 42.0 Å². The van der Waals surface area contributed by atoms with Crippen LogP contribution in [0.2, 0.25) is 0 Å². The van der Waals surface area contributed by atoms with E-state index < -0.39 is 0 Å². The van der Waals surface area contributed by atoms with Gasteiger partial charge in [0.1, 0.15) is 0 Å². The fourth-order valence-electron chi connectivity index (χ4n) is 2.99. The SMILES string of the molecule is C[C@@H](NC/C=C/c1ccccc1)C1CCCCCC1. The molecule has 0 radical (unpaired) electrons. The van der Waals surface area contributed by atoms with E-state index in [1.165, 1.54) is 44.1 Å². The quantitative estimate of drug-likeness (QED) is 0.757. The Morgan fingerprint density at radius 3 is 2.47 bits per heavy atom. The minimum atomic E-state index is 0.651. The van der Waals surface area contributed by atoms with Gasteiger partial charge < -0.3 is 5.32 Å². The van der Waals surface area contributed by atoms with Gasteiger partial charge in [-0.3, -0.25) is 0 Å². The Balaban J connectivity index is 1.71. The molecule has 1 fully saturated rings. The third-order valence-electron chi connectivity index (χ3n) is 4.27. The van der Waals surface area contributed by atoms with Gasteiger partial charge in [-0.1, -0.05) is 68.2 Å². The molecule has 1 N–H and O–H groups in total. The Hall–Kier alpha value is -1.08. The Labute approximate surface area is 118 Å². The molecule has 2 rings (SSSR count). The first kappa shape index (κ1) is 14.3. The van der Waals surface area contributed by atoms with Gasteiger partial charge in [0, 0.05) is 12.6 Å². The van der Waals surface area contributed by atoms with Crippen LogP contribution in [-0.4, -0.2) is 12.6 Å². The maximum absolute atomic E-state index is 3.66. The molecule has 19 heavy (non-hydrogen) atoms. The second kappa shape index (κ2) is 8.16. The smallest absolute Gasteiger partial charge is 0.0140 e. The van der Waals surface area contributed by atoms with Crippen molar-refractivity contribution >= 4 is 6.08 Å². The molecular weight excluding hydrogens is 230 g/mol. The zero-order valence-electron chi connectivity index (χ0n) is 12.1. The lowest BCUT2D eigenvalue weighted by Gasteiger charge is -2.23. The number of hydrogen-bond acceptors (Lipinski definition) is 1. The summed E-state index contributed by atoms with van der Waals surface area (Å²) in [7, 11) is 0. The van der Waals surface area contributed by atoms with E-state index in [-0.39, 0.29) is 0 Å².